The number of carbonyl (C=O) groups is 2. The van der Waals surface area contributed by atoms with Gasteiger partial charge in [-0.3, -0.25) is 4.79 Å². The monoisotopic (exact) mass is 235 g/mol. The highest BCUT2D eigenvalue weighted by Gasteiger charge is 2.32. The quantitative estimate of drug-likeness (QED) is 0.829. The number of carboxylic acid groups (broad SMARTS) is 1. The van der Waals surface area contributed by atoms with Gasteiger partial charge in [0.15, 0.2) is 0 Å². The molecular formula is C12H13NO4. The Kier molecular flexibility index (Phi) is 3.39. The van der Waals surface area contributed by atoms with Gasteiger partial charge in [0.1, 0.15) is 12.8 Å². The molecule has 2 rings (SSSR count). The highest BCUT2D eigenvalue weighted by Crippen LogP contribution is 2.15. The number of carbonyl (C=O) groups excluding carboxylic acids is 1. The first-order valence-corrected chi connectivity index (χ1v) is 5.36. The van der Waals surface area contributed by atoms with Crippen LogP contribution in [-0.4, -0.2) is 41.3 Å². The Labute approximate surface area is 98.6 Å². The number of nitrogens with zero attached hydrogens (tertiary/aromatic N) is 1. The van der Waals surface area contributed by atoms with E-state index in [-0.39, 0.29) is 12.6 Å². The summed E-state index contributed by atoms with van der Waals surface area (Å²) in [7, 11) is 0. The maximum absolute atomic E-state index is 12.1. The molecule has 90 valence electrons. The van der Waals surface area contributed by atoms with Crippen LogP contribution in [0, 0.1) is 0 Å². The minimum atomic E-state index is -0.988. The molecular weight excluding hydrogens is 222 g/mol. The van der Waals surface area contributed by atoms with E-state index in [9.17, 15) is 9.59 Å². The zero-order chi connectivity index (χ0) is 12.3. The predicted octanol–water partition coefficient (Wildman–Crippen LogP) is 0.960. The van der Waals surface area contributed by atoms with Crippen molar-refractivity contribution in [2.45, 2.75) is 12.5 Å². The Morgan fingerprint density at radius 3 is 2.65 bits per heavy atom. The van der Waals surface area contributed by atoms with Gasteiger partial charge >= 0.3 is 5.97 Å². The average molecular weight is 235 g/mol. The third-order valence-electron chi connectivity index (χ3n) is 2.71. The molecule has 0 radical (unpaired) electrons. The largest absolute Gasteiger partial charge is 0.480 e. The van der Waals surface area contributed by atoms with Crippen molar-refractivity contribution in [3.63, 3.8) is 0 Å². The highest BCUT2D eigenvalue weighted by molar-refractivity contribution is 5.96. The Bertz CT molecular complexity index is 418. The summed E-state index contributed by atoms with van der Waals surface area (Å²) in [5.41, 5.74) is 0.476. The molecule has 1 heterocycles. The van der Waals surface area contributed by atoms with E-state index in [4.69, 9.17) is 9.84 Å². The van der Waals surface area contributed by atoms with Crippen molar-refractivity contribution in [2.24, 2.45) is 0 Å². The van der Waals surface area contributed by atoms with Gasteiger partial charge in [-0.2, -0.15) is 0 Å². The number of benzene rings is 1. The maximum Gasteiger partial charge on any atom is 0.326 e. The van der Waals surface area contributed by atoms with Crippen LogP contribution in [0.15, 0.2) is 30.3 Å². The second kappa shape index (κ2) is 4.97. The fourth-order valence-electron chi connectivity index (χ4n) is 1.81. The van der Waals surface area contributed by atoms with Crippen molar-refractivity contribution in [2.75, 3.05) is 13.3 Å². The van der Waals surface area contributed by atoms with E-state index in [0.29, 0.717) is 18.6 Å². The molecule has 1 saturated heterocycles. The van der Waals surface area contributed by atoms with Crippen molar-refractivity contribution in [3.8, 4) is 0 Å². The van der Waals surface area contributed by atoms with Crippen molar-refractivity contribution in [1.82, 2.24) is 4.90 Å². The van der Waals surface area contributed by atoms with Crippen molar-refractivity contribution in [1.29, 1.82) is 0 Å². The molecule has 5 nitrogen and oxygen atoms in total. The Morgan fingerprint density at radius 2 is 2.00 bits per heavy atom. The Morgan fingerprint density at radius 1 is 1.29 bits per heavy atom. The van der Waals surface area contributed by atoms with Gasteiger partial charge in [0.25, 0.3) is 5.91 Å². The molecule has 1 atom stereocenters. The molecule has 1 amide bonds. The van der Waals surface area contributed by atoms with Gasteiger partial charge in [-0.05, 0) is 12.1 Å². The molecule has 0 bridgehead atoms. The lowest BCUT2D eigenvalue weighted by molar-refractivity contribution is -0.148. The molecule has 1 unspecified atom stereocenters. The number of hydrogen-bond acceptors (Lipinski definition) is 3. The Balaban J connectivity index is 2.20. The van der Waals surface area contributed by atoms with E-state index in [2.05, 4.69) is 0 Å². The normalized spacial score (nSPS) is 20.0. The smallest absolute Gasteiger partial charge is 0.326 e. The van der Waals surface area contributed by atoms with Crippen molar-refractivity contribution < 1.29 is 19.4 Å². The maximum atomic E-state index is 12.1. The van der Waals surface area contributed by atoms with Gasteiger partial charge in [0.05, 0.1) is 6.61 Å². The first-order chi connectivity index (χ1) is 8.20. The summed E-state index contributed by atoms with van der Waals surface area (Å²) in [5, 5.41) is 9.06. The number of ether oxygens (including phenoxy) is 1. The number of rotatable bonds is 2. The third kappa shape index (κ3) is 2.45. The second-order valence-corrected chi connectivity index (χ2v) is 3.82. The molecule has 0 aromatic heterocycles. The zero-order valence-corrected chi connectivity index (χ0v) is 9.20. The molecule has 1 aromatic rings. The lowest BCUT2D eigenvalue weighted by Crippen LogP contribution is -2.49. The summed E-state index contributed by atoms with van der Waals surface area (Å²) < 4.78 is 5.15. The number of carboxylic acids is 1. The zero-order valence-electron chi connectivity index (χ0n) is 9.20. The molecule has 0 aliphatic carbocycles. The molecule has 1 aliphatic heterocycles. The van der Waals surface area contributed by atoms with Crippen LogP contribution >= 0.6 is 0 Å². The topological polar surface area (TPSA) is 66.8 Å². The van der Waals surface area contributed by atoms with E-state index in [0.717, 1.165) is 0 Å². The molecule has 0 spiro atoms. The summed E-state index contributed by atoms with van der Waals surface area (Å²) in [6, 6.07) is 7.82. The molecule has 17 heavy (non-hydrogen) atoms. The van der Waals surface area contributed by atoms with E-state index < -0.39 is 12.0 Å². The van der Waals surface area contributed by atoms with E-state index >= 15 is 0 Å². The molecule has 1 aliphatic rings. The van der Waals surface area contributed by atoms with Crippen molar-refractivity contribution >= 4 is 11.9 Å². The number of aliphatic carboxylic acids is 1. The lowest BCUT2D eigenvalue weighted by atomic mass is 10.1. The van der Waals surface area contributed by atoms with Crippen LogP contribution in [0.1, 0.15) is 16.8 Å². The van der Waals surface area contributed by atoms with E-state index in [1.807, 2.05) is 0 Å². The van der Waals surface area contributed by atoms with Gasteiger partial charge < -0.3 is 14.7 Å². The molecule has 1 N–H and O–H groups in total. The van der Waals surface area contributed by atoms with Crippen LogP contribution in [-0.2, 0) is 9.53 Å². The van der Waals surface area contributed by atoms with Crippen LogP contribution < -0.4 is 0 Å². The predicted molar refractivity (Wildman–Crippen MR) is 59.5 cm³/mol. The fraction of sp³-hybridized carbons (Fsp3) is 0.333. The standard InChI is InChI=1S/C12H13NO4/c14-11(9-4-2-1-3-5-9)13-8-17-7-6-10(13)12(15)16/h1-5,10H,6-8H2,(H,15,16). The lowest BCUT2D eigenvalue weighted by Gasteiger charge is -2.32. The summed E-state index contributed by atoms with van der Waals surface area (Å²) >= 11 is 0. The number of amides is 1. The number of hydrogen-bond donors (Lipinski definition) is 1. The van der Waals surface area contributed by atoms with Crippen molar-refractivity contribution in [3.05, 3.63) is 35.9 Å². The first kappa shape index (κ1) is 11.6. The van der Waals surface area contributed by atoms with Crippen LogP contribution in [0.4, 0.5) is 0 Å². The van der Waals surface area contributed by atoms with Gasteiger partial charge in [-0.15, -0.1) is 0 Å². The summed E-state index contributed by atoms with van der Waals surface area (Å²) in [4.78, 5) is 24.4. The first-order valence-electron chi connectivity index (χ1n) is 5.36. The van der Waals surface area contributed by atoms with Gasteiger partial charge in [0, 0.05) is 12.0 Å². The van der Waals surface area contributed by atoms with Gasteiger partial charge in [0.2, 0.25) is 0 Å². The van der Waals surface area contributed by atoms with Crippen LogP contribution in [0.25, 0.3) is 0 Å². The molecule has 1 aromatic carbocycles. The SMILES string of the molecule is O=C(O)C1CCOCN1C(=O)c1ccccc1. The van der Waals surface area contributed by atoms with Gasteiger partial charge in [-0.25, -0.2) is 4.79 Å². The summed E-state index contributed by atoms with van der Waals surface area (Å²) in [6.45, 7) is 0.403. The average Bonchev–Trinajstić information content (AvgIpc) is 2.39. The molecule has 5 heteroatoms. The van der Waals surface area contributed by atoms with E-state index in [1.54, 1.807) is 30.3 Å². The fourth-order valence-corrected chi connectivity index (χ4v) is 1.81. The van der Waals surface area contributed by atoms with Crippen LogP contribution in [0.2, 0.25) is 0 Å². The molecule has 0 saturated carbocycles. The molecule has 1 fully saturated rings. The Hall–Kier alpha value is -1.88. The summed E-state index contributed by atoms with van der Waals surface area (Å²) in [5.74, 6) is -1.30. The van der Waals surface area contributed by atoms with Crippen LogP contribution in [0.5, 0.6) is 0 Å². The van der Waals surface area contributed by atoms with Crippen LogP contribution in [0.3, 0.4) is 0 Å². The third-order valence-corrected chi connectivity index (χ3v) is 2.71. The summed E-state index contributed by atoms with van der Waals surface area (Å²) in [6.07, 6.45) is 0.327. The van der Waals surface area contributed by atoms with E-state index in [1.165, 1.54) is 4.90 Å². The minimum Gasteiger partial charge on any atom is -0.480 e. The van der Waals surface area contributed by atoms with Gasteiger partial charge in [-0.1, -0.05) is 18.2 Å². The second-order valence-electron chi connectivity index (χ2n) is 3.82. The highest BCUT2D eigenvalue weighted by atomic mass is 16.5. The minimum absolute atomic E-state index is 0.0324.